The average Bonchev–Trinajstić information content (AvgIpc) is 3.38. The van der Waals surface area contributed by atoms with Gasteiger partial charge in [0.1, 0.15) is 10.9 Å². The standard InChI is InChI=1S/C24H21N5O3S3/c1-15(11-16-7-3-2-4-8-16)12-19-22(32)29(24(33)35-19)13-20(30)27-28-21(31)14-34-23-25-17-9-5-6-10-18(17)26-23/h2-12H,13-14H2,1H3,(H,25,26)(H,27,30)(H,28,31)/b15-11+,19-12-. The van der Waals surface area contributed by atoms with Crippen LogP contribution in [0.4, 0.5) is 0 Å². The van der Waals surface area contributed by atoms with Crippen LogP contribution in [0.2, 0.25) is 0 Å². The van der Waals surface area contributed by atoms with Gasteiger partial charge in [0.25, 0.3) is 11.8 Å². The first kappa shape index (κ1) is 24.7. The third-order valence-corrected chi connectivity index (χ3v) is 7.03. The van der Waals surface area contributed by atoms with Crippen LogP contribution >= 0.6 is 35.7 Å². The van der Waals surface area contributed by atoms with Crippen molar-refractivity contribution in [2.45, 2.75) is 12.1 Å². The molecular formula is C24H21N5O3S3. The molecule has 8 nitrogen and oxygen atoms in total. The molecular weight excluding hydrogens is 502 g/mol. The lowest BCUT2D eigenvalue weighted by Crippen LogP contribution is -2.47. The van der Waals surface area contributed by atoms with Crippen molar-refractivity contribution in [1.82, 2.24) is 25.7 Å². The van der Waals surface area contributed by atoms with Gasteiger partial charge in [0.15, 0.2) is 5.16 Å². The lowest BCUT2D eigenvalue weighted by molar-refractivity contribution is -0.131. The van der Waals surface area contributed by atoms with Crippen LogP contribution in [0.5, 0.6) is 0 Å². The second-order valence-corrected chi connectivity index (χ2v) is 10.2. The molecule has 0 bridgehead atoms. The normalized spacial score (nSPS) is 15.2. The van der Waals surface area contributed by atoms with Crippen molar-refractivity contribution in [2.24, 2.45) is 0 Å². The Labute approximate surface area is 215 Å². The largest absolute Gasteiger partial charge is 0.333 e. The van der Waals surface area contributed by atoms with Crippen LogP contribution in [-0.2, 0) is 14.4 Å². The van der Waals surface area contributed by atoms with Crippen molar-refractivity contribution in [3.63, 3.8) is 0 Å². The molecule has 178 valence electrons. The Kier molecular flexibility index (Phi) is 8.01. The number of nitrogens with one attached hydrogen (secondary N) is 3. The lowest BCUT2D eigenvalue weighted by Gasteiger charge is -2.14. The predicted molar refractivity (Wildman–Crippen MR) is 143 cm³/mol. The molecule has 0 unspecified atom stereocenters. The number of carbonyl (C=O) groups excluding carboxylic acids is 3. The maximum atomic E-state index is 12.8. The topological polar surface area (TPSA) is 107 Å². The average molecular weight is 524 g/mol. The Morgan fingerprint density at radius 3 is 2.60 bits per heavy atom. The number of nitrogens with zero attached hydrogens (tertiary/aromatic N) is 2. The number of allylic oxidation sites excluding steroid dienone is 2. The molecule has 0 aliphatic carbocycles. The summed E-state index contributed by atoms with van der Waals surface area (Å²) in [4.78, 5) is 46.3. The van der Waals surface area contributed by atoms with E-state index in [1.54, 1.807) is 6.08 Å². The number of hydrogen-bond donors (Lipinski definition) is 3. The zero-order valence-corrected chi connectivity index (χ0v) is 21.1. The van der Waals surface area contributed by atoms with Gasteiger partial charge in [-0.25, -0.2) is 4.98 Å². The number of aromatic amines is 1. The maximum absolute atomic E-state index is 12.8. The van der Waals surface area contributed by atoms with Crippen molar-refractivity contribution in [1.29, 1.82) is 0 Å². The number of H-pyrrole nitrogens is 1. The molecule has 3 N–H and O–H groups in total. The molecule has 3 aromatic rings. The van der Waals surface area contributed by atoms with Crippen LogP contribution < -0.4 is 10.9 Å². The van der Waals surface area contributed by atoms with Crippen molar-refractivity contribution in [3.8, 4) is 0 Å². The Balaban J connectivity index is 1.25. The number of amides is 3. The van der Waals surface area contributed by atoms with E-state index < -0.39 is 11.8 Å². The highest BCUT2D eigenvalue weighted by Crippen LogP contribution is 2.31. The summed E-state index contributed by atoms with van der Waals surface area (Å²) in [5, 5.41) is 0.605. The van der Waals surface area contributed by atoms with Gasteiger partial charge >= 0.3 is 0 Å². The molecule has 0 spiro atoms. The molecule has 35 heavy (non-hydrogen) atoms. The molecule has 1 aliphatic heterocycles. The van der Waals surface area contributed by atoms with Gasteiger partial charge < -0.3 is 4.98 Å². The second-order valence-electron chi connectivity index (χ2n) is 7.51. The Morgan fingerprint density at radius 1 is 1.11 bits per heavy atom. The summed E-state index contributed by atoms with van der Waals surface area (Å²) < 4.78 is 0.288. The number of thioether (sulfide) groups is 2. The number of benzene rings is 2. The molecule has 1 aromatic heterocycles. The summed E-state index contributed by atoms with van der Waals surface area (Å²) in [5.74, 6) is -1.25. The van der Waals surface area contributed by atoms with Crippen molar-refractivity contribution in [2.75, 3.05) is 12.3 Å². The summed E-state index contributed by atoms with van der Waals surface area (Å²) in [6.07, 6.45) is 3.71. The van der Waals surface area contributed by atoms with E-state index in [2.05, 4.69) is 20.8 Å². The van der Waals surface area contributed by atoms with Gasteiger partial charge in [-0.2, -0.15) is 0 Å². The van der Waals surface area contributed by atoms with E-state index in [-0.39, 0.29) is 22.5 Å². The zero-order valence-electron chi connectivity index (χ0n) is 18.6. The van der Waals surface area contributed by atoms with Crippen LogP contribution in [0.15, 0.2) is 76.3 Å². The number of aromatic nitrogens is 2. The third-order valence-electron chi connectivity index (χ3n) is 4.78. The Bertz CT molecular complexity index is 1320. The molecule has 0 atom stereocenters. The number of carbonyl (C=O) groups is 3. The molecule has 3 amide bonds. The first-order valence-corrected chi connectivity index (χ1v) is 12.7. The number of hydrazine groups is 1. The van der Waals surface area contributed by atoms with E-state index in [9.17, 15) is 14.4 Å². The fourth-order valence-electron chi connectivity index (χ4n) is 3.19. The second kappa shape index (κ2) is 11.3. The molecule has 1 aliphatic rings. The van der Waals surface area contributed by atoms with Gasteiger partial charge in [-0.05, 0) is 36.3 Å². The minimum atomic E-state index is -0.554. The maximum Gasteiger partial charge on any atom is 0.266 e. The van der Waals surface area contributed by atoms with E-state index in [4.69, 9.17) is 12.2 Å². The van der Waals surface area contributed by atoms with Gasteiger partial charge in [-0.3, -0.25) is 30.1 Å². The van der Waals surface area contributed by atoms with Crippen molar-refractivity contribution >= 4 is 74.9 Å². The van der Waals surface area contributed by atoms with Crippen LogP contribution in [0.1, 0.15) is 12.5 Å². The number of para-hydroxylation sites is 2. The number of fused-ring (bicyclic) bond motifs is 1. The SMILES string of the molecule is CC(/C=C1\SC(=S)N(CC(=O)NNC(=O)CSc2nc3ccccc3[nH]2)C1=O)=C\c1ccccc1. The number of imidazole rings is 1. The fraction of sp³-hybridized carbons (Fsp3) is 0.125. The molecule has 2 heterocycles. The van der Waals surface area contributed by atoms with Crippen molar-refractivity contribution in [3.05, 3.63) is 76.7 Å². The highest BCUT2D eigenvalue weighted by atomic mass is 32.2. The molecule has 1 fully saturated rings. The highest BCUT2D eigenvalue weighted by Gasteiger charge is 2.33. The molecule has 4 rings (SSSR count). The molecule has 2 aromatic carbocycles. The van der Waals surface area contributed by atoms with Gasteiger partial charge in [0, 0.05) is 0 Å². The van der Waals surface area contributed by atoms with Gasteiger partial charge in [-0.1, -0.05) is 84.3 Å². The Hall–Kier alpha value is -3.41. The van der Waals surface area contributed by atoms with E-state index >= 15 is 0 Å². The van der Waals surface area contributed by atoms with Gasteiger partial charge in [0.05, 0.1) is 21.7 Å². The summed E-state index contributed by atoms with van der Waals surface area (Å²) >= 11 is 7.64. The van der Waals surface area contributed by atoms with Gasteiger partial charge in [-0.15, -0.1) is 0 Å². The van der Waals surface area contributed by atoms with Crippen LogP contribution in [0.25, 0.3) is 17.1 Å². The van der Waals surface area contributed by atoms with Crippen LogP contribution in [0.3, 0.4) is 0 Å². The summed E-state index contributed by atoms with van der Waals surface area (Å²) in [7, 11) is 0. The third kappa shape index (κ3) is 6.59. The van der Waals surface area contributed by atoms with Crippen LogP contribution in [-0.4, -0.2) is 49.2 Å². The number of rotatable bonds is 7. The summed E-state index contributed by atoms with van der Waals surface area (Å²) in [6.45, 7) is 1.60. The minimum Gasteiger partial charge on any atom is -0.333 e. The summed E-state index contributed by atoms with van der Waals surface area (Å²) in [6, 6.07) is 17.3. The summed E-state index contributed by atoms with van der Waals surface area (Å²) in [5.41, 5.74) is 8.27. The first-order valence-electron chi connectivity index (χ1n) is 10.5. The zero-order chi connectivity index (χ0) is 24.8. The Morgan fingerprint density at radius 2 is 1.83 bits per heavy atom. The minimum absolute atomic E-state index is 0.0525. The first-order chi connectivity index (χ1) is 16.9. The van der Waals surface area contributed by atoms with E-state index in [0.29, 0.717) is 10.1 Å². The predicted octanol–water partition coefficient (Wildman–Crippen LogP) is 3.65. The van der Waals surface area contributed by atoms with E-state index in [1.165, 1.54) is 16.7 Å². The quantitative estimate of drug-likeness (QED) is 0.188. The lowest BCUT2D eigenvalue weighted by atomic mass is 10.1. The molecule has 11 heteroatoms. The van der Waals surface area contributed by atoms with E-state index in [0.717, 1.165) is 33.9 Å². The molecule has 1 saturated heterocycles. The number of thiocarbonyl (C=S) groups is 1. The van der Waals surface area contributed by atoms with Gasteiger partial charge in [0.2, 0.25) is 5.91 Å². The fourth-order valence-corrected chi connectivity index (χ4v) is 5.18. The molecule has 0 saturated carbocycles. The monoisotopic (exact) mass is 523 g/mol. The van der Waals surface area contributed by atoms with Crippen LogP contribution in [0, 0.1) is 0 Å². The smallest absolute Gasteiger partial charge is 0.266 e. The van der Waals surface area contributed by atoms with Crippen molar-refractivity contribution < 1.29 is 14.4 Å². The number of hydrogen-bond acceptors (Lipinski definition) is 7. The highest BCUT2D eigenvalue weighted by molar-refractivity contribution is 8.26. The molecule has 0 radical (unpaired) electrons. The van der Waals surface area contributed by atoms with E-state index in [1.807, 2.05) is 67.6 Å².